The van der Waals surface area contributed by atoms with Crippen LogP contribution in [0, 0.1) is 0 Å². The smallest absolute Gasteiger partial charge is 0.323 e. The van der Waals surface area contributed by atoms with E-state index in [2.05, 4.69) is 5.32 Å². The lowest BCUT2D eigenvalue weighted by molar-refractivity contribution is -0.140. The Hall–Kier alpha value is -2.32. The fourth-order valence-corrected chi connectivity index (χ4v) is 2.05. The Morgan fingerprint density at radius 1 is 1.30 bits per heavy atom. The number of amides is 3. The van der Waals surface area contributed by atoms with Gasteiger partial charge in [0.2, 0.25) is 5.91 Å². The van der Waals surface area contributed by atoms with Crippen LogP contribution in [0.4, 0.5) is 4.79 Å². The van der Waals surface area contributed by atoms with Crippen molar-refractivity contribution in [1.82, 2.24) is 15.1 Å². The normalized spacial score (nSPS) is 18.4. The van der Waals surface area contributed by atoms with Crippen molar-refractivity contribution in [2.45, 2.75) is 19.4 Å². The second-order valence-electron chi connectivity index (χ2n) is 4.33. The highest BCUT2D eigenvalue weighted by Gasteiger charge is 2.35. The molecule has 1 unspecified atom stereocenters. The summed E-state index contributed by atoms with van der Waals surface area (Å²) in [7, 11) is 0. The topological polar surface area (TPSA) is 127 Å². The number of carboxylic acids is 2. The molecule has 1 heterocycles. The maximum Gasteiger partial charge on any atom is 0.323 e. The molecule has 0 aromatic heterocycles. The number of carbonyl (C=O) groups is 4. The molecule has 20 heavy (non-hydrogen) atoms. The minimum atomic E-state index is -1.31. The summed E-state index contributed by atoms with van der Waals surface area (Å²) in [5.74, 6) is -2.94. The third kappa shape index (κ3) is 3.84. The van der Waals surface area contributed by atoms with Gasteiger partial charge < -0.3 is 25.3 Å². The molecule has 9 nitrogen and oxygen atoms in total. The molecule has 1 fully saturated rings. The van der Waals surface area contributed by atoms with Crippen LogP contribution < -0.4 is 5.32 Å². The number of nitrogens with one attached hydrogen (secondary N) is 1. The summed E-state index contributed by atoms with van der Waals surface area (Å²) in [6, 6.07) is -1.46. The van der Waals surface area contributed by atoms with Crippen LogP contribution in [0.25, 0.3) is 0 Å². The molecule has 1 aliphatic rings. The van der Waals surface area contributed by atoms with Gasteiger partial charge in [0.05, 0.1) is 0 Å². The maximum absolute atomic E-state index is 12.2. The van der Waals surface area contributed by atoms with Crippen molar-refractivity contribution >= 4 is 23.9 Å². The first-order valence-corrected chi connectivity index (χ1v) is 6.13. The number of hydrogen-bond acceptors (Lipinski definition) is 4. The highest BCUT2D eigenvalue weighted by Crippen LogP contribution is 2.11. The third-order valence-corrected chi connectivity index (χ3v) is 2.89. The van der Waals surface area contributed by atoms with Crippen LogP contribution in [0.3, 0.4) is 0 Å². The van der Waals surface area contributed by atoms with E-state index in [4.69, 9.17) is 10.2 Å². The number of urea groups is 1. The number of rotatable bonds is 5. The Labute approximate surface area is 115 Å². The zero-order valence-corrected chi connectivity index (χ0v) is 11.0. The summed E-state index contributed by atoms with van der Waals surface area (Å²) in [6.07, 6.45) is 0.367. The molecule has 0 spiro atoms. The number of carboxylic acid groups (broad SMARTS) is 2. The van der Waals surface area contributed by atoms with Crippen molar-refractivity contribution in [3.8, 4) is 0 Å². The molecule has 0 bridgehead atoms. The lowest BCUT2D eigenvalue weighted by Gasteiger charge is -2.37. The first-order chi connectivity index (χ1) is 9.36. The second kappa shape index (κ2) is 6.73. The van der Waals surface area contributed by atoms with Gasteiger partial charge in [-0.15, -0.1) is 0 Å². The Bertz CT molecular complexity index is 408. The van der Waals surface area contributed by atoms with Gasteiger partial charge in [0.1, 0.15) is 19.1 Å². The average Bonchev–Trinajstić information content (AvgIpc) is 2.35. The van der Waals surface area contributed by atoms with Gasteiger partial charge in [-0.05, 0) is 6.42 Å². The largest absolute Gasteiger partial charge is 0.480 e. The predicted octanol–water partition coefficient (Wildman–Crippen LogP) is -1.21. The number of piperazine rings is 1. The molecule has 112 valence electrons. The molecule has 1 saturated heterocycles. The fourth-order valence-electron chi connectivity index (χ4n) is 2.05. The fraction of sp³-hybridized carbons (Fsp3) is 0.636. The average molecular weight is 287 g/mol. The van der Waals surface area contributed by atoms with Crippen LogP contribution in [0.15, 0.2) is 0 Å². The molecule has 3 N–H and O–H groups in total. The first kappa shape index (κ1) is 15.7. The quantitative estimate of drug-likeness (QED) is 0.582. The highest BCUT2D eigenvalue weighted by molar-refractivity contribution is 5.90. The zero-order valence-electron chi connectivity index (χ0n) is 11.0. The lowest BCUT2D eigenvalue weighted by atomic mass is 10.1. The minimum absolute atomic E-state index is 0.221. The van der Waals surface area contributed by atoms with Gasteiger partial charge in [0, 0.05) is 13.1 Å². The van der Waals surface area contributed by atoms with E-state index in [-0.39, 0.29) is 19.0 Å². The molecule has 0 aromatic rings. The van der Waals surface area contributed by atoms with Crippen LogP contribution in [0.2, 0.25) is 0 Å². The van der Waals surface area contributed by atoms with Gasteiger partial charge in [0.25, 0.3) is 0 Å². The predicted molar refractivity (Wildman–Crippen MR) is 66.0 cm³/mol. The maximum atomic E-state index is 12.2. The molecule has 9 heteroatoms. The van der Waals surface area contributed by atoms with Gasteiger partial charge in [0.15, 0.2) is 0 Å². The molecule has 1 aliphatic heterocycles. The third-order valence-electron chi connectivity index (χ3n) is 2.89. The van der Waals surface area contributed by atoms with Crippen LogP contribution in [0.1, 0.15) is 13.3 Å². The lowest BCUT2D eigenvalue weighted by Crippen LogP contribution is -2.60. The van der Waals surface area contributed by atoms with Crippen LogP contribution in [-0.4, -0.2) is 76.1 Å². The second-order valence-corrected chi connectivity index (χ2v) is 4.33. The van der Waals surface area contributed by atoms with Crippen molar-refractivity contribution in [2.24, 2.45) is 0 Å². The summed E-state index contributed by atoms with van der Waals surface area (Å²) < 4.78 is 0. The molecule has 0 aromatic carbocycles. The highest BCUT2D eigenvalue weighted by atomic mass is 16.4. The van der Waals surface area contributed by atoms with Crippen LogP contribution >= 0.6 is 0 Å². The minimum Gasteiger partial charge on any atom is -0.480 e. The van der Waals surface area contributed by atoms with Gasteiger partial charge in [-0.3, -0.25) is 14.4 Å². The Morgan fingerprint density at radius 3 is 2.30 bits per heavy atom. The summed E-state index contributed by atoms with van der Waals surface area (Å²) in [5.41, 5.74) is 0. The van der Waals surface area contributed by atoms with Crippen LogP contribution in [-0.2, 0) is 14.4 Å². The summed E-state index contributed by atoms with van der Waals surface area (Å²) in [5, 5.41) is 20.1. The first-order valence-electron chi connectivity index (χ1n) is 6.13. The van der Waals surface area contributed by atoms with Crippen molar-refractivity contribution < 1.29 is 29.4 Å². The van der Waals surface area contributed by atoms with E-state index in [0.29, 0.717) is 11.3 Å². The number of carbonyl (C=O) groups excluding carboxylic acids is 2. The van der Waals surface area contributed by atoms with Gasteiger partial charge >= 0.3 is 18.0 Å². The molecular formula is C11H17N3O6. The van der Waals surface area contributed by atoms with Gasteiger partial charge in [-0.1, -0.05) is 6.92 Å². The van der Waals surface area contributed by atoms with Crippen molar-refractivity contribution in [2.75, 3.05) is 26.2 Å². The van der Waals surface area contributed by atoms with E-state index in [0.717, 1.165) is 0 Å². The van der Waals surface area contributed by atoms with E-state index in [9.17, 15) is 19.2 Å². The molecule has 0 aliphatic carbocycles. The van der Waals surface area contributed by atoms with E-state index in [1.807, 2.05) is 0 Å². The van der Waals surface area contributed by atoms with Crippen LogP contribution in [0.5, 0.6) is 0 Å². The zero-order chi connectivity index (χ0) is 15.3. The summed E-state index contributed by atoms with van der Waals surface area (Å²) >= 11 is 0. The van der Waals surface area contributed by atoms with E-state index < -0.39 is 37.1 Å². The summed E-state index contributed by atoms with van der Waals surface area (Å²) in [6.45, 7) is 0.752. The van der Waals surface area contributed by atoms with Crippen molar-refractivity contribution in [1.29, 1.82) is 0 Å². The molecule has 3 amide bonds. The molecule has 0 radical (unpaired) electrons. The molecule has 0 saturated carbocycles. The number of hydrogen-bond donors (Lipinski definition) is 3. The Morgan fingerprint density at radius 2 is 1.85 bits per heavy atom. The Kier molecular flexibility index (Phi) is 5.30. The van der Waals surface area contributed by atoms with E-state index in [1.54, 1.807) is 6.92 Å². The summed E-state index contributed by atoms with van der Waals surface area (Å²) in [4.78, 5) is 47.2. The number of nitrogens with zero attached hydrogens (tertiary/aromatic N) is 2. The molecule has 1 atom stereocenters. The standard InChI is InChI=1S/C11H17N3O6/c1-2-7-10(19)12-3-4-14(7)11(20)13(5-8(15)16)6-9(17)18/h7H,2-6H2,1H3,(H,12,19)(H,15,16)(H,17,18). The monoisotopic (exact) mass is 287 g/mol. The Balaban J connectivity index is 2.88. The van der Waals surface area contributed by atoms with E-state index >= 15 is 0 Å². The van der Waals surface area contributed by atoms with Crippen molar-refractivity contribution in [3.63, 3.8) is 0 Å². The SMILES string of the molecule is CCC1C(=O)NCCN1C(=O)N(CC(=O)O)CC(=O)O. The molecule has 1 rings (SSSR count). The van der Waals surface area contributed by atoms with Gasteiger partial charge in [-0.2, -0.15) is 0 Å². The van der Waals surface area contributed by atoms with Crippen molar-refractivity contribution in [3.05, 3.63) is 0 Å². The molecular weight excluding hydrogens is 270 g/mol. The van der Waals surface area contributed by atoms with Gasteiger partial charge in [-0.25, -0.2) is 4.79 Å². The number of aliphatic carboxylic acids is 2. The van der Waals surface area contributed by atoms with E-state index in [1.165, 1.54) is 4.90 Å².